The van der Waals surface area contributed by atoms with Crippen LogP contribution >= 0.6 is 0 Å². The zero-order chi connectivity index (χ0) is 9.80. The van der Waals surface area contributed by atoms with E-state index < -0.39 is 0 Å². The lowest BCUT2D eigenvalue weighted by Gasteiger charge is -2.39. The molecule has 2 fully saturated rings. The van der Waals surface area contributed by atoms with Crippen molar-refractivity contribution in [3.05, 3.63) is 0 Å². The zero-order valence-corrected chi connectivity index (χ0v) is 8.87. The maximum atomic E-state index is 5.50. The second kappa shape index (κ2) is 5.07. The van der Waals surface area contributed by atoms with Gasteiger partial charge in [0.2, 0.25) is 0 Å². The van der Waals surface area contributed by atoms with E-state index in [-0.39, 0.29) is 0 Å². The fourth-order valence-electron chi connectivity index (χ4n) is 2.34. The van der Waals surface area contributed by atoms with E-state index in [1.54, 1.807) is 0 Å². The average molecular weight is 200 g/mol. The van der Waals surface area contributed by atoms with Crippen molar-refractivity contribution in [3.63, 3.8) is 0 Å². The quantitative estimate of drug-likeness (QED) is 0.678. The first-order chi connectivity index (χ1) is 6.92. The molecule has 2 rings (SSSR count). The van der Waals surface area contributed by atoms with Crippen LogP contribution in [0.1, 0.15) is 6.42 Å². The summed E-state index contributed by atoms with van der Waals surface area (Å²) < 4.78 is 10.9. The van der Waals surface area contributed by atoms with E-state index in [0.29, 0.717) is 12.1 Å². The van der Waals surface area contributed by atoms with Gasteiger partial charge in [-0.25, -0.2) is 0 Å². The van der Waals surface area contributed by atoms with Crippen molar-refractivity contribution < 1.29 is 9.47 Å². The smallest absolute Gasteiger partial charge is 0.0635 e. The summed E-state index contributed by atoms with van der Waals surface area (Å²) in [6.07, 6.45) is 1.18. The SMILES string of the molecule is CNCC1COCCN1C1CCOC1. The molecule has 0 spiro atoms. The maximum absolute atomic E-state index is 5.50. The minimum absolute atomic E-state index is 0.528. The van der Waals surface area contributed by atoms with Gasteiger partial charge in [0.25, 0.3) is 0 Å². The summed E-state index contributed by atoms with van der Waals surface area (Å²) in [4.78, 5) is 2.55. The highest BCUT2D eigenvalue weighted by Gasteiger charge is 2.31. The standard InChI is InChI=1S/C10H20N2O2/c1-11-6-10-8-14-5-3-12(10)9-2-4-13-7-9/h9-11H,2-8H2,1H3. The van der Waals surface area contributed by atoms with Gasteiger partial charge in [-0.05, 0) is 13.5 Å². The van der Waals surface area contributed by atoms with E-state index in [2.05, 4.69) is 10.2 Å². The summed E-state index contributed by atoms with van der Waals surface area (Å²) in [7, 11) is 2.00. The molecule has 0 aliphatic carbocycles. The molecule has 0 saturated carbocycles. The molecule has 2 aliphatic rings. The van der Waals surface area contributed by atoms with Gasteiger partial charge in [0.1, 0.15) is 0 Å². The highest BCUT2D eigenvalue weighted by atomic mass is 16.5. The first-order valence-corrected chi connectivity index (χ1v) is 5.47. The molecule has 4 nitrogen and oxygen atoms in total. The topological polar surface area (TPSA) is 33.7 Å². The second-order valence-corrected chi connectivity index (χ2v) is 4.04. The summed E-state index contributed by atoms with van der Waals surface area (Å²) >= 11 is 0. The molecule has 1 N–H and O–H groups in total. The van der Waals surface area contributed by atoms with Gasteiger partial charge < -0.3 is 14.8 Å². The van der Waals surface area contributed by atoms with Crippen LogP contribution in [-0.4, -0.2) is 63.5 Å². The Hall–Kier alpha value is -0.160. The van der Waals surface area contributed by atoms with Gasteiger partial charge in [0.15, 0.2) is 0 Å². The van der Waals surface area contributed by atoms with Crippen LogP contribution in [0, 0.1) is 0 Å². The second-order valence-electron chi connectivity index (χ2n) is 4.04. The molecule has 2 heterocycles. The number of morpholine rings is 1. The predicted octanol–water partition coefficient (Wildman–Crippen LogP) is -0.304. The van der Waals surface area contributed by atoms with Crippen LogP contribution in [0.2, 0.25) is 0 Å². The Morgan fingerprint density at radius 2 is 2.14 bits per heavy atom. The van der Waals surface area contributed by atoms with Crippen LogP contribution in [0.25, 0.3) is 0 Å². The van der Waals surface area contributed by atoms with Gasteiger partial charge in [-0.2, -0.15) is 0 Å². The molecular weight excluding hydrogens is 180 g/mol. The van der Waals surface area contributed by atoms with Gasteiger partial charge in [0.05, 0.1) is 19.8 Å². The molecule has 4 heteroatoms. The number of nitrogens with zero attached hydrogens (tertiary/aromatic N) is 1. The summed E-state index contributed by atoms with van der Waals surface area (Å²) in [5, 5.41) is 3.23. The zero-order valence-electron chi connectivity index (χ0n) is 8.87. The molecule has 2 aliphatic heterocycles. The molecule has 82 valence electrons. The van der Waals surface area contributed by atoms with Crippen LogP contribution in [0.4, 0.5) is 0 Å². The van der Waals surface area contributed by atoms with Crippen molar-refractivity contribution in [2.75, 3.05) is 46.6 Å². The van der Waals surface area contributed by atoms with E-state index in [1.165, 1.54) is 6.42 Å². The van der Waals surface area contributed by atoms with E-state index >= 15 is 0 Å². The van der Waals surface area contributed by atoms with Gasteiger partial charge >= 0.3 is 0 Å². The predicted molar refractivity (Wildman–Crippen MR) is 54.5 cm³/mol. The molecule has 14 heavy (non-hydrogen) atoms. The monoisotopic (exact) mass is 200 g/mol. The minimum atomic E-state index is 0.528. The van der Waals surface area contributed by atoms with Crippen LogP contribution in [0.15, 0.2) is 0 Å². The molecule has 0 radical (unpaired) electrons. The Bertz CT molecular complexity index is 170. The third kappa shape index (κ3) is 2.25. The van der Waals surface area contributed by atoms with Crippen LogP contribution < -0.4 is 5.32 Å². The third-order valence-corrected chi connectivity index (χ3v) is 3.09. The molecule has 0 bridgehead atoms. The average Bonchev–Trinajstić information content (AvgIpc) is 2.72. The lowest BCUT2D eigenvalue weighted by atomic mass is 10.1. The number of nitrogens with one attached hydrogen (secondary N) is 1. The summed E-state index contributed by atoms with van der Waals surface area (Å²) in [5.41, 5.74) is 0. The molecule has 2 unspecified atom stereocenters. The normalized spacial score (nSPS) is 34.9. The van der Waals surface area contributed by atoms with Gasteiger partial charge in [-0.1, -0.05) is 0 Å². The fourth-order valence-corrected chi connectivity index (χ4v) is 2.34. The Morgan fingerprint density at radius 3 is 2.86 bits per heavy atom. The summed E-state index contributed by atoms with van der Waals surface area (Å²) in [6, 6.07) is 1.15. The lowest BCUT2D eigenvalue weighted by Crippen LogP contribution is -2.54. The largest absolute Gasteiger partial charge is 0.380 e. The number of likely N-dealkylation sites (N-methyl/N-ethyl adjacent to an activating group) is 1. The van der Waals surface area contributed by atoms with Gasteiger partial charge in [-0.3, -0.25) is 4.90 Å². The molecule has 0 aromatic heterocycles. The summed E-state index contributed by atoms with van der Waals surface area (Å²) in [6.45, 7) is 5.62. The minimum Gasteiger partial charge on any atom is -0.380 e. The maximum Gasteiger partial charge on any atom is 0.0635 e. The van der Waals surface area contributed by atoms with Crippen LogP contribution in [0.3, 0.4) is 0 Å². The van der Waals surface area contributed by atoms with Crippen molar-refractivity contribution in [2.45, 2.75) is 18.5 Å². The van der Waals surface area contributed by atoms with Crippen molar-refractivity contribution in [1.82, 2.24) is 10.2 Å². The van der Waals surface area contributed by atoms with Crippen molar-refractivity contribution in [2.24, 2.45) is 0 Å². The molecule has 0 aromatic rings. The highest BCUT2D eigenvalue weighted by Crippen LogP contribution is 2.17. The molecule has 2 atom stereocenters. The van der Waals surface area contributed by atoms with E-state index in [9.17, 15) is 0 Å². The van der Waals surface area contributed by atoms with Gasteiger partial charge in [0, 0.05) is 31.8 Å². The van der Waals surface area contributed by atoms with E-state index in [0.717, 1.165) is 39.5 Å². The fraction of sp³-hybridized carbons (Fsp3) is 1.00. The van der Waals surface area contributed by atoms with Crippen molar-refractivity contribution in [3.8, 4) is 0 Å². The number of hydrogen-bond acceptors (Lipinski definition) is 4. The first-order valence-electron chi connectivity index (χ1n) is 5.47. The Labute approximate surface area is 85.5 Å². The Morgan fingerprint density at radius 1 is 1.29 bits per heavy atom. The van der Waals surface area contributed by atoms with Crippen LogP contribution in [-0.2, 0) is 9.47 Å². The molecule has 0 aromatic carbocycles. The number of hydrogen-bond donors (Lipinski definition) is 1. The third-order valence-electron chi connectivity index (χ3n) is 3.09. The number of ether oxygens (including phenoxy) is 2. The van der Waals surface area contributed by atoms with Crippen molar-refractivity contribution >= 4 is 0 Å². The summed E-state index contributed by atoms with van der Waals surface area (Å²) in [5.74, 6) is 0. The molecule has 0 amide bonds. The van der Waals surface area contributed by atoms with Crippen molar-refractivity contribution in [1.29, 1.82) is 0 Å². The lowest BCUT2D eigenvalue weighted by molar-refractivity contribution is -0.0288. The van der Waals surface area contributed by atoms with Crippen LogP contribution in [0.5, 0.6) is 0 Å². The van der Waals surface area contributed by atoms with E-state index in [4.69, 9.17) is 9.47 Å². The number of rotatable bonds is 3. The highest BCUT2D eigenvalue weighted by molar-refractivity contribution is 4.84. The Balaban J connectivity index is 1.91. The van der Waals surface area contributed by atoms with Gasteiger partial charge in [-0.15, -0.1) is 0 Å². The molecular formula is C10H20N2O2. The molecule has 2 saturated heterocycles. The first kappa shape index (κ1) is 10.4. The Kier molecular flexibility index (Phi) is 3.75. The van der Waals surface area contributed by atoms with E-state index in [1.807, 2.05) is 7.05 Å².